The van der Waals surface area contributed by atoms with E-state index in [9.17, 15) is 14.9 Å². The molecule has 1 amide bonds. The van der Waals surface area contributed by atoms with Gasteiger partial charge in [-0.15, -0.1) is 0 Å². The summed E-state index contributed by atoms with van der Waals surface area (Å²) < 4.78 is 0. The van der Waals surface area contributed by atoms with Crippen LogP contribution in [0.4, 0.5) is 5.69 Å². The van der Waals surface area contributed by atoms with Gasteiger partial charge in [0.1, 0.15) is 11.6 Å². The molecular weight excluding hydrogens is 378 g/mol. The minimum atomic E-state index is -0.357. The number of hydrogen-bond acceptors (Lipinski definition) is 5. The van der Waals surface area contributed by atoms with Crippen molar-refractivity contribution in [1.82, 2.24) is 14.8 Å². The molecule has 3 heterocycles. The lowest BCUT2D eigenvalue weighted by atomic mass is 9.92. The van der Waals surface area contributed by atoms with Crippen molar-refractivity contribution in [3.8, 4) is 6.07 Å². The van der Waals surface area contributed by atoms with Crippen LogP contribution in [0.25, 0.3) is 10.9 Å². The van der Waals surface area contributed by atoms with E-state index < -0.39 is 0 Å². The topological polar surface area (TPSA) is 83.4 Å². The minimum absolute atomic E-state index is 0.0104. The molecule has 3 fully saturated rings. The first kappa shape index (κ1) is 19.1. The number of benzene rings is 1. The Morgan fingerprint density at radius 2 is 1.77 bits per heavy atom. The fraction of sp³-hybridized carbons (Fsp3) is 0.522. The van der Waals surface area contributed by atoms with Crippen LogP contribution in [0.5, 0.6) is 0 Å². The van der Waals surface area contributed by atoms with E-state index in [0.29, 0.717) is 35.3 Å². The molecule has 2 aliphatic heterocycles. The van der Waals surface area contributed by atoms with Crippen molar-refractivity contribution < 1.29 is 4.79 Å². The zero-order valence-electron chi connectivity index (χ0n) is 17.4. The lowest BCUT2D eigenvalue weighted by molar-refractivity contribution is 0.0664. The van der Waals surface area contributed by atoms with Gasteiger partial charge in [0.05, 0.1) is 11.2 Å². The van der Waals surface area contributed by atoms with Gasteiger partial charge in [0.25, 0.3) is 11.5 Å². The average molecular weight is 406 g/mol. The molecule has 0 radical (unpaired) electrons. The number of piperazine rings is 1. The van der Waals surface area contributed by atoms with E-state index in [0.717, 1.165) is 44.4 Å². The third-order valence-corrected chi connectivity index (χ3v) is 7.23. The van der Waals surface area contributed by atoms with Gasteiger partial charge in [0.15, 0.2) is 0 Å². The van der Waals surface area contributed by atoms with Crippen LogP contribution in [-0.4, -0.2) is 67.0 Å². The van der Waals surface area contributed by atoms with Crippen LogP contribution in [0, 0.1) is 16.7 Å². The molecule has 0 atom stereocenters. The monoisotopic (exact) mass is 405 g/mol. The van der Waals surface area contributed by atoms with Crippen LogP contribution in [0.15, 0.2) is 23.0 Å². The second kappa shape index (κ2) is 7.13. The number of H-pyrrole nitrogens is 1. The van der Waals surface area contributed by atoms with Crippen LogP contribution in [0.1, 0.15) is 41.6 Å². The first-order chi connectivity index (χ1) is 14.5. The summed E-state index contributed by atoms with van der Waals surface area (Å²) in [5.41, 5.74) is 2.28. The molecule has 7 nitrogen and oxygen atoms in total. The third kappa shape index (κ3) is 3.25. The Bertz CT molecular complexity index is 1090. The van der Waals surface area contributed by atoms with Crippen molar-refractivity contribution in [2.45, 2.75) is 25.7 Å². The molecule has 0 bridgehead atoms. The summed E-state index contributed by atoms with van der Waals surface area (Å²) in [4.78, 5) is 34.8. The molecule has 3 aliphatic rings. The minimum Gasteiger partial charge on any atom is -0.370 e. The number of hydrogen-bond donors (Lipinski definition) is 1. The largest absolute Gasteiger partial charge is 0.370 e. The summed E-state index contributed by atoms with van der Waals surface area (Å²) in [5, 5.41) is 10.5. The number of rotatable bonds is 2. The van der Waals surface area contributed by atoms with Crippen molar-refractivity contribution >= 4 is 22.5 Å². The molecule has 2 saturated heterocycles. The van der Waals surface area contributed by atoms with E-state index in [-0.39, 0.29) is 17.0 Å². The number of piperidine rings is 1. The summed E-state index contributed by atoms with van der Waals surface area (Å²) in [5.74, 6) is 0.0104. The van der Waals surface area contributed by atoms with E-state index in [1.807, 2.05) is 11.0 Å². The highest BCUT2D eigenvalue weighted by Crippen LogP contribution is 2.54. The van der Waals surface area contributed by atoms with E-state index >= 15 is 0 Å². The van der Waals surface area contributed by atoms with Gasteiger partial charge in [-0.2, -0.15) is 5.26 Å². The predicted octanol–water partition coefficient (Wildman–Crippen LogP) is 2.17. The maximum Gasteiger partial charge on any atom is 0.268 e. The summed E-state index contributed by atoms with van der Waals surface area (Å²) in [6.07, 6.45) is 4.80. The molecule has 2 aromatic rings. The number of amides is 1. The van der Waals surface area contributed by atoms with Crippen molar-refractivity contribution in [3.05, 3.63) is 39.7 Å². The lowest BCUT2D eigenvalue weighted by Crippen LogP contribution is -2.47. The van der Waals surface area contributed by atoms with Crippen LogP contribution >= 0.6 is 0 Å². The smallest absolute Gasteiger partial charge is 0.268 e. The fourth-order valence-electron chi connectivity index (χ4n) is 4.91. The number of aromatic nitrogens is 1. The number of nitrogens with one attached hydrogen (secondary N) is 1. The SMILES string of the molecule is CN1CCN(C(=O)c2ccc3[nH]c(=O)c(C#N)c(N4CCC5(CC4)CC5)c3c2)CC1. The maximum absolute atomic E-state index is 13.1. The molecule has 1 saturated carbocycles. The van der Waals surface area contributed by atoms with Gasteiger partial charge in [-0.25, -0.2) is 0 Å². The maximum atomic E-state index is 13.1. The number of anilines is 1. The summed E-state index contributed by atoms with van der Waals surface area (Å²) in [6.45, 7) is 4.86. The molecule has 156 valence electrons. The molecule has 1 spiro atoms. The Kier molecular flexibility index (Phi) is 4.55. The number of fused-ring (bicyclic) bond motifs is 1. The van der Waals surface area contributed by atoms with E-state index in [2.05, 4.69) is 27.9 Å². The van der Waals surface area contributed by atoms with Crippen LogP contribution < -0.4 is 10.5 Å². The Morgan fingerprint density at radius 1 is 1.07 bits per heavy atom. The molecule has 1 aromatic heterocycles. The van der Waals surface area contributed by atoms with Crippen molar-refractivity contribution in [2.24, 2.45) is 5.41 Å². The molecule has 1 N–H and O–H groups in total. The van der Waals surface area contributed by atoms with Gasteiger partial charge >= 0.3 is 0 Å². The zero-order valence-corrected chi connectivity index (χ0v) is 17.4. The molecule has 0 unspecified atom stereocenters. The number of nitrogens with zero attached hydrogens (tertiary/aromatic N) is 4. The van der Waals surface area contributed by atoms with Crippen LogP contribution in [0.2, 0.25) is 0 Å². The summed E-state index contributed by atoms with van der Waals surface area (Å²) in [7, 11) is 2.06. The normalized spacial score (nSPS) is 21.1. The van der Waals surface area contributed by atoms with Crippen molar-refractivity contribution in [2.75, 3.05) is 51.2 Å². The molecular formula is C23H27N5O2. The summed E-state index contributed by atoms with van der Waals surface area (Å²) >= 11 is 0. The first-order valence-electron chi connectivity index (χ1n) is 10.8. The van der Waals surface area contributed by atoms with Gasteiger partial charge < -0.3 is 19.7 Å². The van der Waals surface area contributed by atoms with Gasteiger partial charge in [0.2, 0.25) is 0 Å². The second-order valence-electron chi connectivity index (χ2n) is 9.13. The molecule has 1 aliphatic carbocycles. The Labute approximate surface area is 175 Å². The standard InChI is InChI=1S/C23H27N5O2/c1-26-10-12-28(13-11-26)22(30)16-2-3-19-17(14-16)20(18(15-24)21(29)25-19)27-8-6-23(4-5-23)7-9-27/h2-3,14H,4-13H2,1H3,(H,25,29). The zero-order chi connectivity index (χ0) is 20.9. The highest BCUT2D eigenvalue weighted by molar-refractivity contribution is 6.02. The highest BCUT2D eigenvalue weighted by Gasteiger charge is 2.44. The van der Waals surface area contributed by atoms with E-state index in [4.69, 9.17) is 0 Å². The third-order valence-electron chi connectivity index (χ3n) is 7.23. The molecule has 5 rings (SSSR count). The van der Waals surface area contributed by atoms with E-state index in [1.165, 1.54) is 12.8 Å². The number of nitriles is 1. The number of pyridine rings is 1. The number of likely N-dealkylation sites (N-methyl/N-ethyl adjacent to an activating group) is 1. The number of carbonyl (C=O) groups is 1. The quantitative estimate of drug-likeness (QED) is 0.828. The van der Waals surface area contributed by atoms with Gasteiger partial charge in [-0.3, -0.25) is 9.59 Å². The van der Waals surface area contributed by atoms with Gasteiger partial charge in [-0.1, -0.05) is 0 Å². The summed E-state index contributed by atoms with van der Waals surface area (Å²) in [6, 6.07) is 7.57. The van der Waals surface area contributed by atoms with Crippen molar-refractivity contribution in [3.63, 3.8) is 0 Å². The lowest BCUT2D eigenvalue weighted by Gasteiger charge is -2.35. The van der Waals surface area contributed by atoms with Crippen molar-refractivity contribution in [1.29, 1.82) is 5.26 Å². The van der Waals surface area contributed by atoms with E-state index in [1.54, 1.807) is 12.1 Å². The number of carbonyl (C=O) groups excluding carboxylic acids is 1. The Hall–Kier alpha value is -2.85. The fourth-order valence-corrected chi connectivity index (χ4v) is 4.91. The molecule has 7 heteroatoms. The highest BCUT2D eigenvalue weighted by atomic mass is 16.2. The molecule has 1 aromatic carbocycles. The van der Waals surface area contributed by atoms with Gasteiger partial charge in [0, 0.05) is 50.2 Å². The Balaban J connectivity index is 1.55. The van der Waals surface area contributed by atoms with Crippen LogP contribution in [-0.2, 0) is 0 Å². The Morgan fingerprint density at radius 3 is 2.40 bits per heavy atom. The second-order valence-corrected chi connectivity index (χ2v) is 9.13. The average Bonchev–Trinajstić information content (AvgIpc) is 3.52. The van der Waals surface area contributed by atoms with Crippen LogP contribution in [0.3, 0.4) is 0 Å². The number of aromatic amines is 1. The van der Waals surface area contributed by atoms with Gasteiger partial charge in [-0.05, 0) is 56.3 Å². The molecule has 30 heavy (non-hydrogen) atoms. The predicted molar refractivity (Wildman–Crippen MR) is 116 cm³/mol. The first-order valence-corrected chi connectivity index (χ1v) is 10.8.